The highest BCUT2D eigenvalue weighted by Gasteiger charge is 2.42. The molecule has 0 aromatic carbocycles. The van der Waals surface area contributed by atoms with Gasteiger partial charge in [0.2, 0.25) is 0 Å². The number of carbonyl (C=O) groups is 1. The van der Waals surface area contributed by atoms with Crippen LogP contribution in [0.5, 0.6) is 0 Å². The van der Waals surface area contributed by atoms with Crippen LogP contribution in [-0.2, 0) is 0 Å². The van der Waals surface area contributed by atoms with Gasteiger partial charge in [0.05, 0.1) is 11.7 Å². The molecule has 3 fully saturated rings. The highest BCUT2D eigenvalue weighted by atomic mass is 35.5. The van der Waals surface area contributed by atoms with E-state index in [2.05, 4.69) is 20.9 Å². The van der Waals surface area contributed by atoms with E-state index in [0.717, 1.165) is 31.6 Å². The number of nitrogens with zero attached hydrogens (tertiary/aromatic N) is 3. The maximum absolute atomic E-state index is 12.6. The Morgan fingerprint density at radius 3 is 2.35 bits per heavy atom. The van der Waals surface area contributed by atoms with Crippen LogP contribution in [0.1, 0.15) is 60.7 Å². The molecule has 0 radical (unpaired) electrons. The topological polar surface area (TPSA) is 71.8 Å². The van der Waals surface area contributed by atoms with E-state index in [0.29, 0.717) is 29.6 Å². The number of aromatic nitrogens is 3. The number of hydrogen-bond acceptors (Lipinski definition) is 4. The Morgan fingerprint density at radius 1 is 1.17 bits per heavy atom. The predicted octanol–water partition coefficient (Wildman–Crippen LogP) is 1.85. The lowest BCUT2D eigenvalue weighted by Crippen LogP contribution is -2.38. The average molecular weight is 340 g/mol. The van der Waals surface area contributed by atoms with Gasteiger partial charge in [-0.2, -0.15) is 0 Å². The molecule has 3 aliphatic rings. The fraction of sp³-hybridized carbons (Fsp3) is 0.812. The average Bonchev–Trinajstić information content (AvgIpc) is 3.44. The molecule has 7 heteroatoms. The summed E-state index contributed by atoms with van der Waals surface area (Å²) in [5, 5.41) is 15.1. The van der Waals surface area contributed by atoms with Crippen molar-refractivity contribution in [2.75, 3.05) is 13.1 Å². The van der Waals surface area contributed by atoms with Crippen LogP contribution < -0.4 is 10.6 Å². The Morgan fingerprint density at radius 2 is 1.78 bits per heavy atom. The van der Waals surface area contributed by atoms with Crippen molar-refractivity contribution in [1.82, 2.24) is 25.6 Å². The van der Waals surface area contributed by atoms with E-state index in [1.807, 2.05) is 11.6 Å². The fourth-order valence-corrected chi connectivity index (χ4v) is 3.70. The largest absolute Gasteiger partial charge is 0.347 e. The zero-order chi connectivity index (χ0) is 15.1. The zero-order valence-corrected chi connectivity index (χ0v) is 14.4. The lowest BCUT2D eigenvalue weighted by molar-refractivity contribution is 0.0920. The summed E-state index contributed by atoms with van der Waals surface area (Å²) in [6.45, 7) is 3.99. The quantitative estimate of drug-likeness (QED) is 0.858. The summed E-state index contributed by atoms with van der Waals surface area (Å²) in [6.07, 6.45) is 7.17. The first-order valence-electron chi connectivity index (χ1n) is 8.67. The van der Waals surface area contributed by atoms with Gasteiger partial charge in [0.15, 0.2) is 5.69 Å². The second-order valence-electron chi connectivity index (χ2n) is 7.12. The van der Waals surface area contributed by atoms with Crippen LogP contribution in [0.4, 0.5) is 0 Å². The predicted molar refractivity (Wildman–Crippen MR) is 89.8 cm³/mol. The molecule has 2 saturated carbocycles. The maximum atomic E-state index is 12.6. The number of hydrogen-bond donors (Lipinski definition) is 2. The van der Waals surface area contributed by atoms with Crippen LogP contribution in [0.15, 0.2) is 0 Å². The molecule has 1 aromatic heterocycles. The summed E-state index contributed by atoms with van der Waals surface area (Å²) in [6, 6.07) is 0.744. The Bertz CT molecular complexity index is 549. The van der Waals surface area contributed by atoms with Gasteiger partial charge in [0, 0.05) is 6.04 Å². The number of amides is 1. The van der Waals surface area contributed by atoms with Crippen molar-refractivity contribution in [3.8, 4) is 0 Å². The summed E-state index contributed by atoms with van der Waals surface area (Å²) in [7, 11) is 0. The molecule has 2 N–H and O–H groups in total. The second-order valence-corrected chi connectivity index (χ2v) is 7.12. The van der Waals surface area contributed by atoms with E-state index >= 15 is 0 Å². The first kappa shape index (κ1) is 16.7. The van der Waals surface area contributed by atoms with Crippen LogP contribution in [0.3, 0.4) is 0 Å². The van der Waals surface area contributed by atoms with Crippen LogP contribution in [0.2, 0.25) is 0 Å². The molecular weight excluding hydrogens is 314 g/mol. The van der Waals surface area contributed by atoms with Crippen molar-refractivity contribution in [3.63, 3.8) is 0 Å². The molecule has 1 aliphatic heterocycles. The van der Waals surface area contributed by atoms with Crippen molar-refractivity contribution in [1.29, 1.82) is 0 Å². The zero-order valence-electron chi connectivity index (χ0n) is 13.6. The van der Waals surface area contributed by atoms with Crippen LogP contribution in [0, 0.1) is 18.8 Å². The van der Waals surface area contributed by atoms with E-state index in [1.54, 1.807) is 0 Å². The summed E-state index contributed by atoms with van der Waals surface area (Å²) >= 11 is 0. The SMILES string of the molecule is Cc1c(C(=O)NC(C2CC2)C2CC2)nnn1C1CCNCC1.Cl. The third-order valence-corrected chi connectivity index (χ3v) is 5.35. The molecule has 6 nitrogen and oxygen atoms in total. The van der Waals surface area contributed by atoms with Gasteiger partial charge < -0.3 is 10.6 Å². The molecular formula is C16H26ClN5O. The lowest BCUT2D eigenvalue weighted by Gasteiger charge is -2.23. The van der Waals surface area contributed by atoms with Gasteiger partial charge in [-0.1, -0.05) is 5.21 Å². The van der Waals surface area contributed by atoms with Crippen molar-refractivity contribution >= 4 is 18.3 Å². The number of carbonyl (C=O) groups excluding carboxylic acids is 1. The lowest BCUT2D eigenvalue weighted by atomic mass is 10.1. The summed E-state index contributed by atoms with van der Waals surface area (Å²) in [5.74, 6) is 1.38. The third-order valence-electron chi connectivity index (χ3n) is 5.35. The molecule has 128 valence electrons. The second kappa shape index (κ2) is 6.77. The normalized spacial score (nSPS) is 22.0. The molecule has 0 atom stereocenters. The van der Waals surface area contributed by atoms with E-state index in [4.69, 9.17) is 0 Å². The van der Waals surface area contributed by atoms with Crippen molar-refractivity contribution in [2.45, 2.75) is 57.5 Å². The standard InChI is InChI=1S/C16H25N5O.ClH/c1-10-14(19-20-21(10)13-6-8-17-9-7-13)16(22)18-15(11-2-3-11)12-4-5-12;/h11-13,15,17H,2-9H2,1H3,(H,18,22);1H. The summed E-state index contributed by atoms with van der Waals surface area (Å²) in [4.78, 5) is 12.6. The Hall–Kier alpha value is -1.14. The number of piperidine rings is 1. The third kappa shape index (κ3) is 3.53. The smallest absolute Gasteiger partial charge is 0.273 e. The van der Waals surface area contributed by atoms with Gasteiger partial charge in [-0.3, -0.25) is 4.79 Å². The molecule has 4 rings (SSSR count). The first-order chi connectivity index (χ1) is 10.7. The first-order valence-corrected chi connectivity index (χ1v) is 8.67. The minimum absolute atomic E-state index is 0. The van der Waals surface area contributed by atoms with E-state index in [1.165, 1.54) is 25.7 Å². The van der Waals surface area contributed by atoms with E-state index < -0.39 is 0 Å². The highest BCUT2D eigenvalue weighted by Crippen LogP contribution is 2.44. The van der Waals surface area contributed by atoms with Crippen molar-refractivity contribution in [2.24, 2.45) is 11.8 Å². The van der Waals surface area contributed by atoms with Crippen molar-refractivity contribution < 1.29 is 4.79 Å². The molecule has 0 unspecified atom stereocenters. The van der Waals surface area contributed by atoms with Gasteiger partial charge >= 0.3 is 0 Å². The monoisotopic (exact) mass is 339 g/mol. The number of halogens is 1. The number of nitrogens with one attached hydrogen (secondary N) is 2. The minimum atomic E-state index is -0.0264. The fourth-order valence-electron chi connectivity index (χ4n) is 3.70. The van der Waals surface area contributed by atoms with Crippen LogP contribution >= 0.6 is 12.4 Å². The van der Waals surface area contributed by atoms with Gasteiger partial charge in [-0.25, -0.2) is 4.68 Å². The van der Waals surface area contributed by atoms with Gasteiger partial charge in [-0.15, -0.1) is 17.5 Å². The molecule has 1 amide bonds. The molecule has 23 heavy (non-hydrogen) atoms. The van der Waals surface area contributed by atoms with Gasteiger partial charge in [0.25, 0.3) is 5.91 Å². The van der Waals surface area contributed by atoms with Crippen LogP contribution in [0.25, 0.3) is 0 Å². The van der Waals surface area contributed by atoms with E-state index in [-0.39, 0.29) is 18.3 Å². The molecule has 1 saturated heterocycles. The number of rotatable bonds is 5. The molecule has 1 aromatic rings. The minimum Gasteiger partial charge on any atom is -0.347 e. The molecule has 2 aliphatic carbocycles. The van der Waals surface area contributed by atoms with Crippen molar-refractivity contribution in [3.05, 3.63) is 11.4 Å². The summed E-state index contributed by atoms with van der Waals surface area (Å²) in [5.41, 5.74) is 1.43. The van der Waals surface area contributed by atoms with Crippen LogP contribution in [-0.4, -0.2) is 40.0 Å². The Kier molecular flexibility index (Phi) is 4.92. The Labute approximate surface area is 143 Å². The highest BCUT2D eigenvalue weighted by molar-refractivity contribution is 5.93. The molecule has 0 bridgehead atoms. The van der Waals surface area contributed by atoms with Gasteiger partial charge in [0.1, 0.15) is 0 Å². The summed E-state index contributed by atoms with van der Waals surface area (Å²) < 4.78 is 1.96. The van der Waals surface area contributed by atoms with E-state index in [9.17, 15) is 4.79 Å². The molecule has 0 spiro atoms. The van der Waals surface area contributed by atoms with Gasteiger partial charge in [-0.05, 0) is 70.4 Å². The maximum Gasteiger partial charge on any atom is 0.273 e. The molecule has 2 heterocycles. The Balaban J connectivity index is 0.00000156.